The SMILES string of the molecule is COCCNC(=O)c1ccc(OC2CCN(C(C)Cc3ccc(O)cc3)CC2)c(Cl)c1. The van der Waals surface area contributed by atoms with Gasteiger partial charge in [-0.3, -0.25) is 4.79 Å². The lowest BCUT2D eigenvalue weighted by Gasteiger charge is -2.36. The van der Waals surface area contributed by atoms with Gasteiger partial charge in [0.2, 0.25) is 0 Å². The zero-order valence-corrected chi connectivity index (χ0v) is 18.9. The topological polar surface area (TPSA) is 71.0 Å². The lowest BCUT2D eigenvalue weighted by molar-refractivity contribution is 0.0799. The van der Waals surface area contributed by atoms with E-state index in [0.29, 0.717) is 41.3 Å². The molecule has 1 amide bonds. The van der Waals surface area contributed by atoms with Crippen molar-refractivity contribution < 1.29 is 19.4 Å². The number of aromatic hydroxyl groups is 1. The number of rotatable bonds is 9. The molecule has 1 saturated heterocycles. The predicted octanol–water partition coefficient (Wildman–Crippen LogP) is 3.90. The van der Waals surface area contributed by atoms with E-state index in [2.05, 4.69) is 17.1 Å². The third kappa shape index (κ3) is 6.86. The second-order valence-corrected chi connectivity index (χ2v) is 8.37. The monoisotopic (exact) mass is 446 g/mol. The Kier molecular flexibility index (Phi) is 8.58. The van der Waals surface area contributed by atoms with Crippen LogP contribution in [0.2, 0.25) is 5.02 Å². The zero-order valence-electron chi connectivity index (χ0n) is 18.1. The Balaban J connectivity index is 1.47. The molecule has 1 aliphatic rings. The third-order valence-electron chi connectivity index (χ3n) is 5.65. The van der Waals surface area contributed by atoms with Crippen LogP contribution in [0.1, 0.15) is 35.7 Å². The summed E-state index contributed by atoms with van der Waals surface area (Å²) in [6.07, 6.45) is 2.91. The summed E-state index contributed by atoms with van der Waals surface area (Å²) in [6, 6.07) is 13.0. The fourth-order valence-corrected chi connectivity index (χ4v) is 4.05. The average Bonchev–Trinajstić information content (AvgIpc) is 2.77. The number of piperidine rings is 1. The van der Waals surface area contributed by atoms with Gasteiger partial charge >= 0.3 is 0 Å². The maximum atomic E-state index is 12.1. The first-order valence-electron chi connectivity index (χ1n) is 10.7. The summed E-state index contributed by atoms with van der Waals surface area (Å²) in [5, 5.41) is 12.7. The molecule has 6 nitrogen and oxygen atoms in total. The van der Waals surface area contributed by atoms with Gasteiger partial charge < -0.3 is 24.8 Å². The van der Waals surface area contributed by atoms with E-state index < -0.39 is 0 Å². The zero-order chi connectivity index (χ0) is 22.2. The van der Waals surface area contributed by atoms with Gasteiger partial charge in [-0.15, -0.1) is 0 Å². The Bertz CT molecular complexity index is 851. The Hall–Kier alpha value is -2.28. The van der Waals surface area contributed by atoms with Crippen LogP contribution < -0.4 is 10.1 Å². The molecule has 1 unspecified atom stereocenters. The third-order valence-corrected chi connectivity index (χ3v) is 5.94. The maximum Gasteiger partial charge on any atom is 0.251 e. The Morgan fingerprint density at radius 3 is 2.58 bits per heavy atom. The van der Waals surface area contributed by atoms with Crippen LogP contribution in [0.4, 0.5) is 0 Å². The number of halogens is 1. The number of amides is 1. The van der Waals surface area contributed by atoms with Gasteiger partial charge in [-0.2, -0.15) is 0 Å². The van der Waals surface area contributed by atoms with E-state index in [-0.39, 0.29) is 12.0 Å². The van der Waals surface area contributed by atoms with Crippen molar-refractivity contribution in [3.05, 3.63) is 58.6 Å². The van der Waals surface area contributed by atoms with Crippen LogP contribution in [-0.2, 0) is 11.2 Å². The maximum absolute atomic E-state index is 12.1. The number of phenolic OH excluding ortho intramolecular Hbond substituents is 1. The van der Waals surface area contributed by atoms with Crippen molar-refractivity contribution in [2.45, 2.75) is 38.3 Å². The van der Waals surface area contributed by atoms with Crippen molar-refractivity contribution in [1.82, 2.24) is 10.2 Å². The van der Waals surface area contributed by atoms with Crippen LogP contribution in [0.15, 0.2) is 42.5 Å². The molecule has 1 heterocycles. The highest BCUT2D eigenvalue weighted by molar-refractivity contribution is 6.32. The number of ether oxygens (including phenoxy) is 2. The van der Waals surface area contributed by atoms with Crippen molar-refractivity contribution in [2.75, 3.05) is 33.4 Å². The number of methoxy groups -OCH3 is 1. The van der Waals surface area contributed by atoms with Crippen LogP contribution in [0.3, 0.4) is 0 Å². The van der Waals surface area contributed by atoms with Gasteiger partial charge in [0.15, 0.2) is 0 Å². The van der Waals surface area contributed by atoms with Gasteiger partial charge in [-0.25, -0.2) is 0 Å². The highest BCUT2D eigenvalue weighted by Crippen LogP contribution is 2.29. The number of likely N-dealkylation sites (tertiary alicyclic amines) is 1. The molecule has 3 rings (SSSR count). The van der Waals surface area contributed by atoms with Crippen molar-refractivity contribution in [3.63, 3.8) is 0 Å². The number of benzene rings is 2. The standard InChI is InChI=1S/C24H31ClN2O4/c1-17(15-18-3-6-20(28)7-4-18)27-12-9-21(10-13-27)31-23-8-5-19(16-22(23)25)24(29)26-11-14-30-2/h3-8,16-17,21,28H,9-15H2,1-2H3,(H,26,29). The molecule has 7 heteroatoms. The molecule has 0 aliphatic carbocycles. The first-order valence-corrected chi connectivity index (χ1v) is 11.1. The van der Waals surface area contributed by atoms with Crippen molar-refractivity contribution in [2.24, 2.45) is 0 Å². The molecule has 168 valence electrons. The molecule has 0 saturated carbocycles. The minimum Gasteiger partial charge on any atom is -0.508 e. The Morgan fingerprint density at radius 1 is 1.23 bits per heavy atom. The quantitative estimate of drug-likeness (QED) is 0.572. The van der Waals surface area contributed by atoms with Gasteiger partial charge in [-0.1, -0.05) is 23.7 Å². The Morgan fingerprint density at radius 2 is 1.94 bits per heavy atom. The number of carbonyl (C=O) groups excluding carboxylic acids is 1. The molecule has 2 aromatic carbocycles. The molecular weight excluding hydrogens is 416 g/mol. The molecule has 0 aromatic heterocycles. The molecule has 1 aliphatic heterocycles. The highest BCUT2D eigenvalue weighted by Gasteiger charge is 2.24. The van der Waals surface area contributed by atoms with E-state index in [1.807, 2.05) is 12.1 Å². The van der Waals surface area contributed by atoms with Crippen molar-refractivity contribution >= 4 is 17.5 Å². The molecule has 1 fully saturated rings. The van der Waals surface area contributed by atoms with Crippen LogP contribution >= 0.6 is 11.6 Å². The van der Waals surface area contributed by atoms with E-state index in [4.69, 9.17) is 21.1 Å². The normalized spacial score (nSPS) is 16.1. The number of hydrogen-bond acceptors (Lipinski definition) is 5. The number of nitrogens with one attached hydrogen (secondary N) is 1. The summed E-state index contributed by atoms with van der Waals surface area (Å²) in [5.74, 6) is 0.736. The fraction of sp³-hybridized carbons (Fsp3) is 0.458. The lowest BCUT2D eigenvalue weighted by Crippen LogP contribution is -2.43. The smallest absolute Gasteiger partial charge is 0.251 e. The summed E-state index contributed by atoms with van der Waals surface area (Å²) in [5.41, 5.74) is 1.73. The molecule has 31 heavy (non-hydrogen) atoms. The Labute approximate surface area is 189 Å². The van der Waals surface area contributed by atoms with Crippen LogP contribution in [-0.4, -0.2) is 61.4 Å². The van der Waals surface area contributed by atoms with Gasteiger partial charge in [0.1, 0.15) is 17.6 Å². The number of carbonyl (C=O) groups is 1. The average molecular weight is 447 g/mol. The first-order chi connectivity index (χ1) is 15.0. The lowest BCUT2D eigenvalue weighted by atomic mass is 10.0. The minimum absolute atomic E-state index is 0.107. The first kappa shape index (κ1) is 23.4. The van der Waals surface area contributed by atoms with Gasteiger partial charge in [0.25, 0.3) is 5.91 Å². The van der Waals surface area contributed by atoms with Gasteiger partial charge in [-0.05, 0) is 62.1 Å². The predicted molar refractivity (Wildman–Crippen MR) is 122 cm³/mol. The second kappa shape index (κ2) is 11.4. The van der Waals surface area contributed by atoms with Crippen LogP contribution in [0, 0.1) is 0 Å². The van der Waals surface area contributed by atoms with E-state index >= 15 is 0 Å². The number of hydrogen-bond donors (Lipinski definition) is 2. The molecular formula is C24H31ClN2O4. The number of nitrogens with zero attached hydrogens (tertiary/aromatic N) is 1. The molecule has 0 bridgehead atoms. The molecule has 2 aromatic rings. The summed E-state index contributed by atoms with van der Waals surface area (Å²) in [6.45, 7) is 5.08. The summed E-state index contributed by atoms with van der Waals surface area (Å²) >= 11 is 6.38. The van der Waals surface area contributed by atoms with Crippen molar-refractivity contribution in [1.29, 1.82) is 0 Å². The molecule has 0 spiro atoms. The van der Waals surface area contributed by atoms with E-state index in [0.717, 1.165) is 32.4 Å². The largest absolute Gasteiger partial charge is 0.508 e. The molecule has 1 atom stereocenters. The van der Waals surface area contributed by atoms with E-state index in [1.165, 1.54) is 5.56 Å². The number of phenols is 1. The second-order valence-electron chi connectivity index (χ2n) is 7.97. The highest BCUT2D eigenvalue weighted by atomic mass is 35.5. The van der Waals surface area contributed by atoms with Gasteiger partial charge in [0, 0.05) is 38.3 Å². The van der Waals surface area contributed by atoms with E-state index in [1.54, 1.807) is 37.4 Å². The molecule has 2 N–H and O–H groups in total. The minimum atomic E-state index is -0.179. The van der Waals surface area contributed by atoms with Crippen LogP contribution in [0.25, 0.3) is 0 Å². The van der Waals surface area contributed by atoms with Crippen molar-refractivity contribution in [3.8, 4) is 11.5 Å². The van der Waals surface area contributed by atoms with Crippen LogP contribution in [0.5, 0.6) is 11.5 Å². The summed E-state index contributed by atoms with van der Waals surface area (Å²) < 4.78 is 11.1. The fourth-order valence-electron chi connectivity index (χ4n) is 3.82. The van der Waals surface area contributed by atoms with Gasteiger partial charge in [0.05, 0.1) is 11.6 Å². The summed E-state index contributed by atoms with van der Waals surface area (Å²) in [4.78, 5) is 14.6. The van der Waals surface area contributed by atoms with E-state index in [9.17, 15) is 9.90 Å². The molecule has 0 radical (unpaired) electrons. The summed E-state index contributed by atoms with van der Waals surface area (Å²) in [7, 11) is 1.59.